The van der Waals surface area contributed by atoms with Crippen molar-refractivity contribution in [2.75, 3.05) is 115 Å². The number of ether oxygens (including phenoxy) is 15. The predicted octanol–water partition coefficient (Wildman–Crippen LogP) is 12.5. The van der Waals surface area contributed by atoms with Gasteiger partial charge in [-0.25, -0.2) is 19.0 Å². The number of pyridine rings is 3. The van der Waals surface area contributed by atoms with Gasteiger partial charge >= 0.3 is 23.9 Å². The maximum Gasteiger partial charge on any atom is 0.344 e. The monoisotopic (exact) mass is 1780 g/mol. The molecule has 0 radical (unpaired) electrons. The lowest BCUT2D eigenvalue weighted by atomic mass is 10.1. The minimum Gasteiger partial charge on any atom is -0.497 e. The Hall–Kier alpha value is -14.4. The average molecular weight is 1780 g/mol. The number of methoxy groups -OCH3 is 10. The van der Waals surface area contributed by atoms with E-state index in [1.165, 1.54) is 21.1 Å². The van der Waals surface area contributed by atoms with E-state index in [1.807, 2.05) is 101 Å². The van der Waals surface area contributed by atoms with Crippen LogP contribution in [0.15, 0.2) is 120 Å². The van der Waals surface area contributed by atoms with Crippen LogP contribution in [0.25, 0.3) is 78.1 Å². The second-order valence-corrected chi connectivity index (χ2v) is 26.7. The van der Waals surface area contributed by atoms with E-state index in [0.717, 1.165) is 89.4 Å². The molecule has 0 amide bonds. The van der Waals surface area contributed by atoms with Crippen molar-refractivity contribution in [3.8, 4) is 120 Å². The molecule has 36 nitrogen and oxygen atoms in total. The second kappa shape index (κ2) is 48.1. The van der Waals surface area contributed by atoms with Gasteiger partial charge in [-0.3, -0.25) is 33.3 Å². The number of carbonyl (C=O) groups excluding carboxylic acids is 5. The maximum atomic E-state index is 11.7. The highest BCUT2D eigenvalue weighted by atomic mass is 79.9. The number of carbonyl (C=O) groups is 6. The van der Waals surface area contributed by atoms with Crippen LogP contribution in [-0.4, -0.2) is 204 Å². The van der Waals surface area contributed by atoms with Gasteiger partial charge in [0.1, 0.15) is 104 Å². The normalized spacial score (nSPS) is 10.2. The molecule has 4 N–H and O–H groups in total. The lowest BCUT2D eigenvalue weighted by Crippen LogP contribution is -2.15. The molecular weight excluding hydrogens is 1670 g/mol. The molecule has 0 aliphatic carbocycles. The van der Waals surface area contributed by atoms with Crippen LogP contribution in [0.2, 0.25) is 0 Å². The number of H-pyrrole nitrogens is 1. The van der Waals surface area contributed by atoms with Crippen LogP contribution in [0.1, 0.15) is 67.6 Å². The molecule has 37 heteroatoms. The molecule has 0 bridgehead atoms. The molecule has 0 saturated carbocycles. The predicted molar refractivity (Wildman–Crippen MR) is 466 cm³/mol. The van der Waals surface area contributed by atoms with Gasteiger partial charge in [0, 0.05) is 116 Å². The lowest BCUT2D eigenvalue weighted by Gasteiger charge is -2.09. The fraction of sp³-hybridized carbons (Fsp3) is 0.333. The van der Waals surface area contributed by atoms with Gasteiger partial charge in [-0.2, -0.15) is 35.6 Å². The van der Waals surface area contributed by atoms with Gasteiger partial charge in [0.15, 0.2) is 30.3 Å². The molecular formula is C87H102BrN13O23. The largest absolute Gasteiger partial charge is 0.497 e. The second-order valence-electron chi connectivity index (χ2n) is 26.2. The van der Waals surface area contributed by atoms with Gasteiger partial charge in [0.05, 0.1) is 120 Å². The maximum absolute atomic E-state index is 11.7. The highest BCUT2D eigenvalue weighted by molar-refractivity contribution is 9.09. The zero-order valence-corrected chi connectivity index (χ0v) is 74.5. The summed E-state index contributed by atoms with van der Waals surface area (Å²) in [6, 6.07) is 35.9. The van der Waals surface area contributed by atoms with Gasteiger partial charge in [-0.15, -0.1) is 0 Å². The van der Waals surface area contributed by atoms with E-state index in [-0.39, 0.29) is 48.4 Å². The third-order valence-corrected chi connectivity index (χ3v) is 17.9. The summed E-state index contributed by atoms with van der Waals surface area (Å²) < 4.78 is 83.7. The quantitative estimate of drug-likeness (QED) is 0.0135. The summed E-state index contributed by atoms with van der Waals surface area (Å²) in [5, 5.41) is 38.2. The summed E-state index contributed by atoms with van der Waals surface area (Å²) in [6.45, 7) is 12.8. The number of hydrogen-bond donors (Lipinski definition) is 3. The Morgan fingerprint density at radius 3 is 1.14 bits per heavy atom. The van der Waals surface area contributed by atoms with E-state index in [4.69, 9.17) is 77.7 Å². The Labute approximate surface area is 723 Å². The van der Waals surface area contributed by atoms with Crippen molar-refractivity contribution in [3.63, 3.8) is 0 Å². The van der Waals surface area contributed by atoms with Crippen LogP contribution in [0.3, 0.4) is 0 Å². The Morgan fingerprint density at radius 2 is 0.798 bits per heavy atom. The van der Waals surface area contributed by atoms with Crippen molar-refractivity contribution in [2.24, 2.45) is 28.2 Å². The number of aromatic nitrogens is 11. The van der Waals surface area contributed by atoms with Gasteiger partial charge in [-0.05, 0) is 126 Å². The van der Waals surface area contributed by atoms with Gasteiger partial charge in [-0.1, -0.05) is 15.9 Å². The smallest absolute Gasteiger partial charge is 0.344 e. The topological polar surface area (TPSA) is 441 Å². The zero-order valence-electron chi connectivity index (χ0n) is 72.9. The fourth-order valence-corrected chi connectivity index (χ4v) is 11.8. The van der Waals surface area contributed by atoms with Crippen molar-refractivity contribution in [3.05, 3.63) is 148 Å². The van der Waals surface area contributed by atoms with Crippen molar-refractivity contribution in [1.29, 1.82) is 5.26 Å². The molecule has 0 fully saturated rings. The molecule has 0 atom stereocenters. The third kappa shape index (κ3) is 27.8. The number of alkyl halides is 1. The van der Waals surface area contributed by atoms with Crippen molar-refractivity contribution >= 4 is 90.3 Å². The van der Waals surface area contributed by atoms with Crippen LogP contribution in [0.4, 0.5) is 5.82 Å². The van der Waals surface area contributed by atoms with Crippen molar-refractivity contribution in [2.45, 2.75) is 61.3 Å². The van der Waals surface area contributed by atoms with Crippen LogP contribution in [0.5, 0.6) is 69.3 Å². The SMILES string of the molecule is CCOC(=O)CBr.CCOC(=O)CC(C)=O.CCOC(=O)COc1cc(C)c2c(-c3cc(OC)cc(OC)c3)nn(C)c2n1.COc1cc(OC)cc(-c2cc(N)n(C)n2)c1.COc1cc(OC)cc(-c2nn(C)c3[nH]c(=O)cc(C)c23)c1.COc1cc(OC)cc(-c2nn(C)c3nc(OCC(=O)O)cc(C)c23)c1.COc1cc(OC)cc(C(=O)CC#N)c1. The summed E-state index contributed by atoms with van der Waals surface area (Å²) >= 11 is 2.94. The number of nitrogens with zero attached hydrogens (tertiary/aromatic N) is 11. The number of anilines is 1. The van der Waals surface area contributed by atoms with Gasteiger partial charge in [0.25, 0.3) is 0 Å². The summed E-state index contributed by atoms with van der Waals surface area (Å²) in [4.78, 5) is 87.9. The molecule has 0 saturated heterocycles. The Morgan fingerprint density at radius 1 is 0.452 bits per heavy atom. The molecule has 0 unspecified atom stereocenters. The number of carboxylic acids is 1. The number of aliphatic carboxylic acids is 1. The zero-order chi connectivity index (χ0) is 91.6. The number of nitrogens with one attached hydrogen (secondary N) is 1. The summed E-state index contributed by atoms with van der Waals surface area (Å²) in [5.74, 6) is 5.24. The first-order chi connectivity index (χ1) is 59.2. The van der Waals surface area contributed by atoms with Crippen molar-refractivity contribution < 1.29 is 105 Å². The van der Waals surface area contributed by atoms with Crippen LogP contribution in [-0.2, 0) is 66.4 Å². The number of halogens is 1. The first-order valence-electron chi connectivity index (χ1n) is 37.9. The molecule has 124 heavy (non-hydrogen) atoms. The number of fused-ring (bicyclic) bond motifs is 3. The van der Waals surface area contributed by atoms with Gasteiger partial charge < -0.3 is 86.9 Å². The number of benzene rings is 5. The number of ketones is 2. The summed E-state index contributed by atoms with van der Waals surface area (Å²) in [5.41, 5.74) is 17.2. The number of carboxylic acid groups (broad SMARTS) is 1. The van der Waals surface area contributed by atoms with Crippen molar-refractivity contribution in [1.82, 2.24) is 54.1 Å². The van der Waals surface area contributed by atoms with E-state index >= 15 is 0 Å². The minimum absolute atomic E-state index is 0.103. The van der Waals surface area contributed by atoms with E-state index in [1.54, 1.807) is 166 Å². The fourth-order valence-electron chi connectivity index (χ4n) is 11.7. The highest BCUT2D eigenvalue weighted by Crippen LogP contribution is 2.39. The number of Topliss-reactive ketones (excluding diaryl/α,β-unsaturated/α-hetero) is 2. The Bertz CT molecular complexity index is 5680. The number of aryl methyl sites for hydroxylation is 7. The number of nitrogen functional groups attached to an aromatic ring is 1. The van der Waals surface area contributed by atoms with Crippen LogP contribution >= 0.6 is 15.9 Å². The first-order valence-corrected chi connectivity index (χ1v) is 39.0. The van der Waals surface area contributed by atoms with Crippen LogP contribution < -0.4 is 68.1 Å². The molecule has 660 valence electrons. The minimum atomic E-state index is -1.06. The van der Waals surface area contributed by atoms with Gasteiger partial charge in [0.2, 0.25) is 17.3 Å². The van der Waals surface area contributed by atoms with E-state index < -0.39 is 24.5 Å². The molecule has 7 heterocycles. The number of hydrogen-bond acceptors (Lipinski definition) is 30. The number of esters is 3. The van der Waals surface area contributed by atoms with E-state index in [9.17, 15) is 33.6 Å². The number of aromatic amines is 1. The van der Waals surface area contributed by atoms with Crippen LogP contribution in [0, 0.1) is 32.1 Å². The molecule has 7 aromatic heterocycles. The molecule has 5 aromatic carbocycles. The molecule has 0 aliphatic rings. The molecule has 0 spiro atoms. The van der Waals surface area contributed by atoms with E-state index in [0.29, 0.717) is 105 Å². The Kier molecular flexibility index (Phi) is 38.2. The standard InChI is InChI=1S/C20H23N3O5.C18H19N3O5.C16H17N3O3.C12H15N3O2.C11H11NO3.C6H10O3.C4H7BrO2/c1-6-27-17(24)11-28-16-7-12(2)18-19(22-23(3)20(18)21-16)13-8-14(25-4)10-15(9-13)26-5;1-10-5-14(26-9-15(22)23)19-18-16(10)17(20-21(18)2)11-6-12(24-3)8-13(7-11)25-4;1-9-5-13(20)17-16-14(9)15(18-19(16)2)10-6-11(21-3)8-12(7-10)22-4;1-15-12(13)7-11(14-15)8-4-9(16-2)6-10(5-8)17-3;1-14-9-5-8(11(13)3-4-12)6-10(7-9)15-2;1-3-9-6(8)4-5(2)7;1-2-7-4(6)3-5/h7-10H,6,11H2,1-5H3;5-8H,9H2,1-4H3,(H,22,23);5-8H,1-4H3,(H,17,20);4-7H,13H2,1-3H3;5-7H,3H2,1-2H3;3-4H2,1-2H3;2-3H2,1H3. The molecule has 12 rings (SSSR count). The average Bonchev–Trinajstić information content (AvgIpc) is 1.62. The third-order valence-electron chi connectivity index (χ3n) is 17.4. The van der Waals surface area contributed by atoms with E-state index in [2.05, 4.69) is 60.8 Å². The summed E-state index contributed by atoms with van der Waals surface area (Å²) in [7, 11) is 23.1. The number of nitrogens with two attached hydrogens (primary N) is 1. The summed E-state index contributed by atoms with van der Waals surface area (Å²) in [6.07, 6.45) is -0.246. The number of nitriles is 1. The lowest BCUT2D eigenvalue weighted by molar-refractivity contribution is -0.146. The Balaban J connectivity index is 0.000000232. The molecule has 12 aromatic rings. The highest BCUT2D eigenvalue weighted by Gasteiger charge is 2.23. The molecule has 0 aliphatic heterocycles. The number of rotatable bonds is 28. The first kappa shape index (κ1) is 98.4.